The van der Waals surface area contributed by atoms with E-state index in [1.807, 2.05) is 13.0 Å². The molecule has 1 saturated heterocycles. The van der Waals surface area contributed by atoms with Crippen molar-refractivity contribution in [1.82, 2.24) is 14.6 Å². The number of nitrogens with one attached hydrogen (secondary N) is 1. The molecule has 8 nitrogen and oxygen atoms in total. The van der Waals surface area contributed by atoms with E-state index in [-0.39, 0.29) is 23.0 Å². The normalized spacial score (nSPS) is 16.2. The molecule has 2 aromatic carbocycles. The molecule has 0 bridgehead atoms. The van der Waals surface area contributed by atoms with E-state index in [4.69, 9.17) is 9.90 Å². The molecule has 198 valence electrons. The molecular weight excluding hydrogens is 518 g/mol. The van der Waals surface area contributed by atoms with Gasteiger partial charge >= 0.3 is 12.1 Å². The zero-order valence-electron chi connectivity index (χ0n) is 19.7. The summed E-state index contributed by atoms with van der Waals surface area (Å²) in [7, 11) is -3.75. The molecule has 0 spiro atoms. The number of alkyl halides is 3. The predicted molar refractivity (Wildman–Crippen MR) is 126 cm³/mol. The summed E-state index contributed by atoms with van der Waals surface area (Å²) >= 11 is 0. The molecule has 2 heterocycles. The van der Waals surface area contributed by atoms with Crippen molar-refractivity contribution >= 4 is 32.7 Å². The van der Waals surface area contributed by atoms with Gasteiger partial charge in [0.1, 0.15) is 5.82 Å². The van der Waals surface area contributed by atoms with Gasteiger partial charge in [-0.1, -0.05) is 18.2 Å². The van der Waals surface area contributed by atoms with E-state index in [2.05, 4.69) is 10.3 Å². The number of nitrogens with zero attached hydrogens (tertiary/aromatic N) is 2. The lowest BCUT2D eigenvalue weighted by Gasteiger charge is -2.18. The lowest BCUT2D eigenvalue weighted by Crippen LogP contribution is -2.38. The van der Waals surface area contributed by atoms with E-state index >= 15 is 0 Å². The van der Waals surface area contributed by atoms with Gasteiger partial charge < -0.3 is 10.4 Å². The summed E-state index contributed by atoms with van der Waals surface area (Å²) in [6, 6.07) is 9.14. The number of aromatic nitrogens is 1. The number of rotatable bonds is 4. The first-order valence-electron chi connectivity index (χ1n) is 10.9. The van der Waals surface area contributed by atoms with E-state index in [1.54, 1.807) is 43.6 Å². The number of carbonyl (C=O) groups is 2. The quantitative estimate of drug-likeness (QED) is 0.485. The maximum atomic E-state index is 13.7. The van der Waals surface area contributed by atoms with Crippen LogP contribution in [0.25, 0.3) is 10.8 Å². The van der Waals surface area contributed by atoms with Crippen molar-refractivity contribution in [3.63, 3.8) is 0 Å². The Morgan fingerprint density at radius 1 is 1.08 bits per heavy atom. The summed E-state index contributed by atoms with van der Waals surface area (Å²) in [6.07, 6.45) is -1.33. The Labute approximate surface area is 210 Å². The fourth-order valence-electron chi connectivity index (χ4n) is 3.75. The van der Waals surface area contributed by atoms with Gasteiger partial charge in [-0.05, 0) is 55.0 Å². The number of carboxylic acids is 1. The molecule has 1 aliphatic heterocycles. The number of sulfonamides is 1. The molecule has 1 fully saturated rings. The molecule has 13 heteroatoms. The van der Waals surface area contributed by atoms with Crippen LogP contribution in [0, 0.1) is 19.7 Å². The van der Waals surface area contributed by atoms with Crippen LogP contribution in [-0.2, 0) is 14.8 Å². The van der Waals surface area contributed by atoms with Gasteiger partial charge in [-0.2, -0.15) is 17.5 Å². The third-order valence-corrected chi connectivity index (χ3v) is 7.67. The average molecular weight is 542 g/mol. The number of carboxylic acid groups (broad SMARTS) is 1. The number of fused-ring (bicyclic) bond motifs is 1. The van der Waals surface area contributed by atoms with E-state index in [0.29, 0.717) is 23.9 Å². The first kappa shape index (κ1) is 28.0. The number of amides is 1. The lowest BCUT2D eigenvalue weighted by molar-refractivity contribution is -0.192. The maximum Gasteiger partial charge on any atom is 0.490 e. The van der Waals surface area contributed by atoms with Crippen molar-refractivity contribution in [3.05, 3.63) is 71.3 Å². The fourth-order valence-corrected chi connectivity index (χ4v) is 5.44. The number of benzene rings is 2. The van der Waals surface area contributed by atoms with Gasteiger partial charge in [-0.25, -0.2) is 17.6 Å². The van der Waals surface area contributed by atoms with E-state index in [9.17, 15) is 30.8 Å². The van der Waals surface area contributed by atoms with Crippen LogP contribution in [0.4, 0.5) is 17.6 Å². The number of hydrogen-bond donors (Lipinski definition) is 2. The monoisotopic (exact) mass is 541 g/mol. The SMILES string of the molecule is Cc1ccc(C(=O)N[C@H]2CCN(S(=O)(=O)c3cccc4c(C)cncc34)C2)cc1F.O=C(O)C(F)(F)F. The molecule has 0 aliphatic carbocycles. The zero-order chi connectivity index (χ0) is 27.5. The molecule has 1 aliphatic rings. The standard InChI is InChI=1S/C22H22FN3O3S.C2HF3O2/c1-14-6-7-16(10-20(14)23)22(27)25-17-8-9-26(13-17)30(28,29)21-5-3-4-18-15(2)11-24-12-19(18)21;3-2(4,5)1(6)7/h3-7,10-12,17H,8-9,13H2,1-2H3,(H,25,27);(H,6,7)/t17-;/m0./s1. The van der Waals surface area contributed by atoms with Gasteiger partial charge in [0.15, 0.2) is 0 Å². The molecule has 1 aromatic heterocycles. The minimum atomic E-state index is -5.08. The number of carbonyl (C=O) groups excluding carboxylic acids is 1. The molecule has 0 saturated carbocycles. The highest BCUT2D eigenvalue weighted by molar-refractivity contribution is 7.89. The van der Waals surface area contributed by atoms with Crippen LogP contribution in [0.15, 0.2) is 53.7 Å². The molecule has 4 rings (SSSR count). The van der Waals surface area contributed by atoms with E-state index < -0.39 is 33.9 Å². The molecular formula is C24H23F4N3O5S. The Kier molecular flexibility index (Phi) is 8.18. The third-order valence-electron chi connectivity index (χ3n) is 5.74. The van der Waals surface area contributed by atoms with E-state index in [1.165, 1.54) is 10.4 Å². The number of pyridine rings is 1. The van der Waals surface area contributed by atoms with Crippen LogP contribution < -0.4 is 5.32 Å². The predicted octanol–water partition coefficient (Wildman–Crippen LogP) is 3.82. The highest BCUT2D eigenvalue weighted by Gasteiger charge is 2.38. The fraction of sp³-hybridized carbons (Fsp3) is 0.292. The van der Waals surface area contributed by atoms with Crippen molar-refractivity contribution in [2.24, 2.45) is 0 Å². The topological polar surface area (TPSA) is 117 Å². The van der Waals surface area contributed by atoms with Crippen molar-refractivity contribution in [1.29, 1.82) is 0 Å². The average Bonchev–Trinajstić information content (AvgIpc) is 3.30. The summed E-state index contributed by atoms with van der Waals surface area (Å²) in [5.41, 5.74) is 1.58. The molecule has 1 atom stereocenters. The molecule has 1 amide bonds. The first-order chi connectivity index (χ1) is 17.2. The number of aryl methyl sites for hydroxylation is 2. The molecule has 2 N–H and O–H groups in total. The van der Waals surface area contributed by atoms with Crippen LogP contribution in [0.5, 0.6) is 0 Å². The maximum absolute atomic E-state index is 13.7. The Hall–Kier alpha value is -3.58. The highest BCUT2D eigenvalue weighted by atomic mass is 32.2. The molecule has 37 heavy (non-hydrogen) atoms. The first-order valence-corrected chi connectivity index (χ1v) is 12.4. The van der Waals surface area contributed by atoms with Crippen LogP contribution in [0.2, 0.25) is 0 Å². The second-order valence-corrected chi connectivity index (χ2v) is 10.3. The summed E-state index contributed by atoms with van der Waals surface area (Å²) in [6.45, 7) is 3.98. The second-order valence-electron chi connectivity index (χ2n) is 8.40. The summed E-state index contributed by atoms with van der Waals surface area (Å²) in [5, 5.41) is 11.4. The largest absolute Gasteiger partial charge is 0.490 e. The molecule has 0 radical (unpaired) electrons. The second kappa shape index (κ2) is 10.8. The zero-order valence-corrected chi connectivity index (χ0v) is 20.5. The van der Waals surface area contributed by atoms with Gasteiger partial charge in [0.2, 0.25) is 10.0 Å². The summed E-state index contributed by atoms with van der Waals surface area (Å²) < 4.78 is 73.4. The molecule has 3 aromatic rings. The van der Waals surface area contributed by atoms with Crippen molar-refractivity contribution in [2.75, 3.05) is 13.1 Å². The Morgan fingerprint density at radius 2 is 1.76 bits per heavy atom. The van der Waals surface area contributed by atoms with E-state index in [0.717, 1.165) is 10.9 Å². The third kappa shape index (κ3) is 6.41. The Balaban J connectivity index is 0.000000479. The highest BCUT2D eigenvalue weighted by Crippen LogP contribution is 2.29. The smallest absolute Gasteiger partial charge is 0.475 e. The van der Waals surface area contributed by atoms with Crippen LogP contribution >= 0.6 is 0 Å². The summed E-state index contributed by atoms with van der Waals surface area (Å²) in [4.78, 5) is 25.7. The van der Waals surface area contributed by atoms with Gasteiger partial charge in [-0.3, -0.25) is 9.78 Å². The number of hydrogen-bond acceptors (Lipinski definition) is 5. The van der Waals surface area contributed by atoms with Gasteiger partial charge in [0.25, 0.3) is 5.91 Å². The van der Waals surface area contributed by atoms with Crippen LogP contribution in [0.1, 0.15) is 27.9 Å². The van der Waals surface area contributed by atoms with Crippen LogP contribution in [0.3, 0.4) is 0 Å². The van der Waals surface area contributed by atoms with Gasteiger partial charge in [0, 0.05) is 42.5 Å². The van der Waals surface area contributed by atoms with Gasteiger partial charge in [-0.15, -0.1) is 0 Å². The number of aliphatic carboxylic acids is 1. The van der Waals surface area contributed by atoms with Crippen molar-refractivity contribution in [2.45, 2.75) is 37.4 Å². The van der Waals surface area contributed by atoms with Gasteiger partial charge in [0.05, 0.1) is 4.90 Å². The Morgan fingerprint density at radius 3 is 2.38 bits per heavy atom. The van der Waals surface area contributed by atoms with Crippen molar-refractivity contribution in [3.8, 4) is 0 Å². The van der Waals surface area contributed by atoms with Crippen molar-refractivity contribution < 1.29 is 40.7 Å². The minimum absolute atomic E-state index is 0.165. The number of halogens is 4. The Bertz CT molecular complexity index is 1440. The van der Waals surface area contributed by atoms with Crippen LogP contribution in [-0.4, -0.2) is 60.0 Å². The molecule has 0 unspecified atom stereocenters. The minimum Gasteiger partial charge on any atom is -0.475 e. The summed E-state index contributed by atoms with van der Waals surface area (Å²) in [5.74, 6) is -3.62. The lowest BCUT2D eigenvalue weighted by atomic mass is 10.1.